The number of ether oxygens (including phenoxy) is 2. The molecule has 3 rings (SSSR count). The molecule has 0 spiro atoms. The zero-order valence-corrected chi connectivity index (χ0v) is 19.6. The highest BCUT2D eigenvalue weighted by Gasteiger charge is 2.38. The van der Waals surface area contributed by atoms with Crippen molar-refractivity contribution in [2.24, 2.45) is 11.3 Å². The first kappa shape index (κ1) is 22.8. The van der Waals surface area contributed by atoms with E-state index in [9.17, 15) is 9.59 Å². The van der Waals surface area contributed by atoms with Crippen LogP contribution in [0.3, 0.4) is 0 Å². The van der Waals surface area contributed by atoms with E-state index in [1.807, 2.05) is 65.8 Å². The van der Waals surface area contributed by atoms with Gasteiger partial charge in [0.15, 0.2) is 5.78 Å². The van der Waals surface area contributed by atoms with E-state index in [0.717, 1.165) is 33.6 Å². The fraction of sp³-hybridized carbons (Fsp3) is 0.407. The molecule has 0 saturated carbocycles. The molecular formula is C27H32O4. The maximum Gasteiger partial charge on any atom is 0.316 e. The van der Waals surface area contributed by atoms with Crippen LogP contribution in [0.4, 0.5) is 0 Å². The number of aryl methyl sites for hydroxylation is 3. The van der Waals surface area contributed by atoms with E-state index in [1.165, 1.54) is 0 Å². The van der Waals surface area contributed by atoms with Crippen molar-refractivity contribution in [2.45, 2.75) is 54.4 Å². The largest absolute Gasteiger partial charge is 0.497 e. The summed E-state index contributed by atoms with van der Waals surface area (Å²) in [5.41, 5.74) is 5.06. The average Bonchev–Trinajstić information content (AvgIpc) is 2.96. The van der Waals surface area contributed by atoms with Gasteiger partial charge in [0, 0.05) is 12.3 Å². The van der Waals surface area contributed by atoms with Gasteiger partial charge in [-0.15, -0.1) is 0 Å². The highest BCUT2D eigenvalue weighted by Crippen LogP contribution is 2.41. The summed E-state index contributed by atoms with van der Waals surface area (Å²) < 4.78 is 11.1. The minimum Gasteiger partial charge on any atom is -0.497 e. The van der Waals surface area contributed by atoms with Crippen molar-refractivity contribution in [1.82, 2.24) is 0 Å². The fourth-order valence-corrected chi connectivity index (χ4v) is 4.17. The molecule has 0 fully saturated rings. The van der Waals surface area contributed by atoms with Crippen LogP contribution in [0.15, 0.2) is 42.2 Å². The third-order valence-corrected chi connectivity index (χ3v) is 5.72. The first-order valence-electron chi connectivity index (χ1n) is 10.7. The third kappa shape index (κ3) is 4.90. The van der Waals surface area contributed by atoms with Gasteiger partial charge in [0.25, 0.3) is 0 Å². The molecule has 2 aromatic carbocycles. The lowest BCUT2D eigenvalue weighted by atomic mass is 9.89. The van der Waals surface area contributed by atoms with Crippen LogP contribution in [0.2, 0.25) is 0 Å². The standard InChI is InChI=1S/C27H32O4/c1-16-12-17(2)23(18(3)13-16)24-22(31-26(29)27(4,5)6)15-20(25(24)28)14-19-8-10-21(30-7)11-9-19/h8-13,20H,14-15H2,1-7H3. The summed E-state index contributed by atoms with van der Waals surface area (Å²) in [6.45, 7) is 11.5. The second-order valence-electron chi connectivity index (χ2n) is 9.53. The molecule has 0 aromatic heterocycles. The van der Waals surface area contributed by atoms with E-state index in [0.29, 0.717) is 24.2 Å². The SMILES string of the molecule is COc1ccc(CC2CC(OC(=O)C(C)(C)C)=C(c3c(C)cc(C)cc3C)C2=O)cc1. The van der Waals surface area contributed by atoms with Gasteiger partial charge in [0.2, 0.25) is 0 Å². The lowest BCUT2D eigenvalue weighted by Gasteiger charge is -2.18. The molecule has 1 aliphatic rings. The van der Waals surface area contributed by atoms with E-state index in [-0.39, 0.29) is 17.7 Å². The van der Waals surface area contributed by atoms with Gasteiger partial charge in [0.05, 0.1) is 18.1 Å². The molecule has 0 amide bonds. The first-order valence-corrected chi connectivity index (χ1v) is 10.7. The molecule has 164 valence electrons. The Kier molecular flexibility index (Phi) is 6.40. The highest BCUT2D eigenvalue weighted by molar-refractivity contribution is 6.25. The number of Topliss-reactive ketones (excluding diaryl/α,β-unsaturated/α-hetero) is 1. The summed E-state index contributed by atoms with van der Waals surface area (Å²) >= 11 is 0. The first-order chi connectivity index (χ1) is 14.5. The highest BCUT2D eigenvalue weighted by atomic mass is 16.5. The zero-order chi connectivity index (χ0) is 22.9. The molecule has 4 nitrogen and oxygen atoms in total. The number of carbonyl (C=O) groups is 2. The molecule has 31 heavy (non-hydrogen) atoms. The maximum absolute atomic E-state index is 13.6. The second kappa shape index (κ2) is 8.70. The number of rotatable bonds is 5. The molecule has 0 radical (unpaired) electrons. The third-order valence-electron chi connectivity index (χ3n) is 5.72. The van der Waals surface area contributed by atoms with Gasteiger partial charge in [-0.1, -0.05) is 29.8 Å². The maximum atomic E-state index is 13.6. The molecule has 0 aliphatic heterocycles. The number of ketones is 1. The molecule has 4 heteroatoms. The molecule has 0 bridgehead atoms. The Morgan fingerprint density at radius 1 is 1.03 bits per heavy atom. The predicted octanol–water partition coefficient (Wildman–Crippen LogP) is 5.75. The number of hydrogen-bond acceptors (Lipinski definition) is 4. The average molecular weight is 421 g/mol. The van der Waals surface area contributed by atoms with Crippen LogP contribution in [0.25, 0.3) is 5.57 Å². The monoisotopic (exact) mass is 420 g/mol. The minimum absolute atomic E-state index is 0.0441. The van der Waals surface area contributed by atoms with Crippen molar-refractivity contribution in [2.75, 3.05) is 7.11 Å². The molecule has 1 atom stereocenters. The van der Waals surface area contributed by atoms with Crippen molar-refractivity contribution in [3.05, 3.63) is 70.0 Å². The van der Waals surface area contributed by atoms with Gasteiger partial charge in [-0.2, -0.15) is 0 Å². The normalized spacial score (nSPS) is 16.6. The minimum atomic E-state index is -0.646. The summed E-state index contributed by atoms with van der Waals surface area (Å²) in [7, 11) is 1.63. The van der Waals surface area contributed by atoms with E-state index in [4.69, 9.17) is 9.47 Å². The molecule has 1 unspecified atom stereocenters. The Balaban J connectivity index is 2.00. The van der Waals surface area contributed by atoms with Crippen molar-refractivity contribution in [3.8, 4) is 5.75 Å². The lowest BCUT2D eigenvalue weighted by Crippen LogP contribution is -2.22. The zero-order valence-electron chi connectivity index (χ0n) is 19.6. The Morgan fingerprint density at radius 3 is 2.13 bits per heavy atom. The molecule has 0 saturated heterocycles. The van der Waals surface area contributed by atoms with Crippen LogP contribution in [0.5, 0.6) is 5.75 Å². The van der Waals surface area contributed by atoms with Crippen LogP contribution in [0.1, 0.15) is 55.0 Å². The Morgan fingerprint density at radius 2 is 1.61 bits per heavy atom. The summed E-state index contributed by atoms with van der Waals surface area (Å²) in [5.74, 6) is 0.749. The van der Waals surface area contributed by atoms with Gasteiger partial charge >= 0.3 is 5.97 Å². The number of methoxy groups -OCH3 is 1. The summed E-state index contributed by atoms with van der Waals surface area (Å²) in [5, 5.41) is 0. The summed E-state index contributed by atoms with van der Waals surface area (Å²) in [4.78, 5) is 26.3. The Labute approximate surface area is 185 Å². The second-order valence-corrected chi connectivity index (χ2v) is 9.53. The van der Waals surface area contributed by atoms with Gasteiger partial charge in [0.1, 0.15) is 11.5 Å². The number of esters is 1. The van der Waals surface area contributed by atoms with Crippen LogP contribution in [-0.4, -0.2) is 18.9 Å². The van der Waals surface area contributed by atoms with Gasteiger partial charge < -0.3 is 9.47 Å². The lowest BCUT2D eigenvalue weighted by molar-refractivity contribution is -0.148. The Bertz CT molecular complexity index is 1010. The van der Waals surface area contributed by atoms with E-state index < -0.39 is 5.41 Å². The molecular weight excluding hydrogens is 388 g/mol. The molecule has 0 N–H and O–H groups in total. The van der Waals surface area contributed by atoms with Gasteiger partial charge in [-0.3, -0.25) is 9.59 Å². The fourth-order valence-electron chi connectivity index (χ4n) is 4.17. The van der Waals surface area contributed by atoms with E-state index in [2.05, 4.69) is 12.1 Å². The summed E-state index contributed by atoms with van der Waals surface area (Å²) in [6.07, 6.45) is 1.02. The van der Waals surface area contributed by atoms with Crippen LogP contribution in [0, 0.1) is 32.1 Å². The quantitative estimate of drug-likeness (QED) is 0.578. The van der Waals surface area contributed by atoms with E-state index in [1.54, 1.807) is 7.11 Å². The van der Waals surface area contributed by atoms with Crippen molar-refractivity contribution in [1.29, 1.82) is 0 Å². The predicted molar refractivity (Wildman–Crippen MR) is 123 cm³/mol. The van der Waals surface area contributed by atoms with Crippen LogP contribution in [-0.2, 0) is 20.7 Å². The summed E-state index contributed by atoms with van der Waals surface area (Å²) in [6, 6.07) is 11.9. The number of benzene rings is 2. The van der Waals surface area contributed by atoms with Crippen LogP contribution >= 0.6 is 0 Å². The van der Waals surface area contributed by atoms with Crippen molar-refractivity contribution >= 4 is 17.3 Å². The van der Waals surface area contributed by atoms with E-state index >= 15 is 0 Å². The number of allylic oxidation sites excluding steroid dienone is 2. The van der Waals surface area contributed by atoms with Crippen molar-refractivity contribution < 1.29 is 19.1 Å². The van der Waals surface area contributed by atoms with Gasteiger partial charge in [-0.05, 0) is 82.3 Å². The van der Waals surface area contributed by atoms with Crippen LogP contribution < -0.4 is 4.74 Å². The van der Waals surface area contributed by atoms with Crippen molar-refractivity contribution in [3.63, 3.8) is 0 Å². The smallest absolute Gasteiger partial charge is 0.316 e. The molecule has 0 heterocycles. The topological polar surface area (TPSA) is 52.6 Å². The Hall–Kier alpha value is -2.88. The molecule has 2 aromatic rings. The van der Waals surface area contributed by atoms with Gasteiger partial charge in [-0.25, -0.2) is 0 Å². The number of carbonyl (C=O) groups excluding carboxylic acids is 2. The molecule has 1 aliphatic carbocycles. The number of hydrogen-bond donors (Lipinski definition) is 0.